The maximum Gasteiger partial charge on any atom is 0.213 e. The second-order valence-corrected chi connectivity index (χ2v) is 6.49. The van der Waals surface area contributed by atoms with E-state index >= 15 is 0 Å². The molecule has 0 spiro atoms. The smallest absolute Gasteiger partial charge is 0.213 e. The number of rotatable bonds is 8. The van der Waals surface area contributed by atoms with Gasteiger partial charge >= 0.3 is 0 Å². The third kappa shape index (κ3) is 5.04. The average molecular weight is 348 g/mol. The van der Waals surface area contributed by atoms with Crippen LogP contribution in [-0.4, -0.2) is 44.9 Å². The number of likely N-dealkylation sites (tertiary alicyclic amines) is 1. The molecule has 0 saturated carbocycles. The summed E-state index contributed by atoms with van der Waals surface area (Å²) in [5.74, 6) is 1.80. The van der Waals surface area contributed by atoms with Crippen molar-refractivity contribution >= 4 is 23.4 Å². The normalized spacial score (nSPS) is 15.3. The summed E-state index contributed by atoms with van der Waals surface area (Å²) in [7, 11) is 0. The molecule has 24 heavy (non-hydrogen) atoms. The minimum atomic E-state index is 0.452. The van der Waals surface area contributed by atoms with E-state index in [0.717, 1.165) is 31.2 Å². The van der Waals surface area contributed by atoms with Gasteiger partial charge in [0.2, 0.25) is 5.88 Å². The summed E-state index contributed by atoms with van der Waals surface area (Å²) in [6.45, 7) is 4.71. The zero-order chi connectivity index (χ0) is 16.6. The number of hydrogen-bond acceptors (Lipinski definition) is 8. The summed E-state index contributed by atoms with van der Waals surface area (Å²) in [6.07, 6.45) is 6.64. The molecule has 1 aliphatic rings. The molecular formula is C16H24N6OS. The van der Waals surface area contributed by atoms with Crippen LogP contribution in [0.3, 0.4) is 0 Å². The highest BCUT2D eigenvalue weighted by atomic mass is 32.1. The molecule has 1 fully saturated rings. The Hall–Kier alpha value is -1.93. The molecule has 0 atom stereocenters. The molecule has 2 aromatic rings. The van der Waals surface area contributed by atoms with E-state index in [1.165, 1.54) is 37.9 Å². The highest BCUT2D eigenvalue weighted by molar-refractivity contribution is 6.99. The molecular weight excluding hydrogens is 324 g/mol. The van der Waals surface area contributed by atoms with Crippen molar-refractivity contribution in [3.8, 4) is 5.88 Å². The van der Waals surface area contributed by atoms with Crippen LogP contribution in [0, 0.1) is 0 Å². The fourth-order valence-electron chi connectivity index (χ4n) is 2.78. The van der Waals surface area contributed by atoms with Crippen molar-refractivity contribution in [1.29, 1.82) is 0 Å². The molecule has 3 rings (SSSR count). The van der Waals surface area contributed by atoms with Crippen molar-refractivity contribution in [3.63, 3.8) is 0 Å². The highest BCUT2D eigenvalue weighted by Gasteiger charge is 2.11. The van der Waals surface area contributed by atoms with Gasteiger partial charge in [0.1, 0.15) is 0 Å². The summed E-state index contributed by atoms with van der Waals surface area (Å²) in [5.41, 5.74) is 6.93. The molecule has 0 amide bonds. The van der Waals surface area contributed by atoms with E-state index in [1.54, 1.807) is 0 Å². The second kappa shape index (κ2) is 8.79. The van der Waals surface area contributed by atoms with Crippen LogP contribution in [0.5, 0.6) is 5.88 Å². The van der Waals surface area contributed by atoms with Crippen molar-refractivity contribution in [1.82, 2.24) is 18.6 Å². The highest BCUT2D eigenvalue weighted by Crippen LogP contribution is 2.16. The zero-order valence-electron chi connectivity index (χ0n) is 13.8. The van der Waals surface area contributed by atoms with Gasteiger partial charge in [-0.25, -0.2) is 4.98 Å². The Morgan fingerprint density at radius 1 is 1.25 bits per heavy atom. The van der Waals surface area contributed by atoms with Crippen molar-refractivity contribution < 1.29 is 4.74 Å². The van der Waals surface area contributed by atoms with Crippen LogP contribution in [-0.2, 0) is 6.54 Å². The number of nitrogens with zero attached hydrogens (tertiary/aromatic N) is 4. The quantitative estimate of drug-likeness (QED) is 0.708. The van der Waals surface area contributed by atoms with Gasteiger partial charge in [0.05, 0.1) is 18.3 Å². The van der Waals surface area contributed by atoms with Crippen LogP contribution >= 0.6 is 11.7 Å². The monoisotopic (exact) mass is 348 g/mol. The van der Waals surface area contributed by atoms with Gasteiger partial charge < -0.3 is 15.8 Å². The lowest BCUT2D eigenvalue weighted by atomic mass is 10.1. The van der Waals surface area contributed by atoms with E-state index in [4.69, 9.17) is 10.5 Å². The maximum absolute atomic E-state index is 5.75. The third-order valence-corrected chi connectivity index (χ3v) is 4.57. The van der Waals surface area contributed by atoms with Gasteiger partial charge in [-0.15, -0.1) is 0 Å². The molecule has 3 heterocycles. The van der Waals surface area contributed by atoms with Gasteiger partial charge in [-0.05, 0) is 44.0 Å². The van der Waals surface area contributed by atoms with Crippen molar-refractivity contribution in [3.05, 3.63) is 23.9 Å². The summed E-state index contributed by atoms with van der Waals surface area (Å²) >= 11 is 1.11. The molecule has 0 aliphatic carbocycles. The number of hydrogen-bond donors (Lipinski definition) is 2. The lowest BCUT2D eigenvalue weighted by Gasteiger charge is -2.26. The number of nitrogens with one attached hydrogen (secondary N) is 1. The Bertz CT molecular complexity index is 629. The number of piperidine rings is 1. The van der Waals surface area contributed by atoms with Crippen molar-refractivity contribution in [2.45, 2.75) is 32.2 Å². The van der Waals surface area contributed by atoms with Gasteiger partial charge in [0.15, 0.2) is 11.6 Å². The lowest BCUT2D eigenvalue weighted by molar-refractivity contribution is 0.220. The Morgan fingerprint density at radius 2 is 2.12 bits per heavy atom. The van der Waals surface area contributed by atoms with E-state index in [1.807, 2.05) is 12.3 Å². The molecule has 130 valence electrons. The fraction of sp³-hybridized carbons (Fsp3) is 0.562. The molecule has 3 N–H and O–H groups in total. The molecule has 0 radical (unpaired) electrons. The van der Waals surface area contributed by atoms with Gasteiger partial charge in [0.25, 0.3) is 0 Å². The SMILES string of the molecule is Nc1nsnc1NCCCOc1cc(CN2CCCCC2)ccn1. The first kappa shape index (κ1) is 16.9. The Morgan fingerprint density at radius 3 is 2.92 bits per heavy atom. The Balaban J connectivity index is 1.39. The third-order valence-electron chi connectivity index (χ3n) is 4.03. The molecule has 1 aliphatic heterocycles. The van der Waals surface area contributed by atoms with Gasteiger partial charge in [-0.2, -0.15) is 8.75 Å². The van der Waals surface area contributed by atoms with E-state index < -0.39 is 0 Å². The first-order valence-electron chi connectivity index (χ1n) is 8.43. The molecule has 2 aromatic heterocycles. The minimum absolute atomic E-state index is 0.452. The second-order valence-electron chi connectivity index (χ2n) is 5.97. The predicted molar refractivity (Wildman–Crippen MR) is 96.3 cm³/mol. The van der Waals surface area contributed by atoms with E-state index in [9.17, 15) is 0 Å². The van der Waals surface area contributed by atoms with E-state index in [2.05, 4.69) is 30.0 Å². The largest absolute Gasteiger partial charge is 0.478 e. The molecule has 0 aromatic carbocycles. The minimum Gasteiger partial charge on any atom is -0.478 e. The molecule has 0 bridgehead atoms. The lowest BCUT2D eigenvalue weighted by Crippen LogP contribution is -2.29. The fourth-order valence-corrected chi connectivity index (χ4v) is 3.23. The van der Waals surface area contributed by atoms with E-state index in [0.29, 0.717) is 24.1 Å². The van der Waals surface area contributed by atoms with Crippen molar-refractivity contribution in [2.75, 3.05) is 37.3 Å². The maximum atomic E-state index is 5.75. The van der Waals surface area contributed by atoms with Crippen LogP contribution in [0.2, 0.25) is 0 Å². The molecule has 1 saturated heterocycles. The molecule has 7 nitrogen and oxygen atoms in total. The number of nitrogen functional groups attached to an aromatic ring is 1. The molecule has 0 unspecified atom stereocenters. The van der Waals surface area contributed by atoms with Crippen molar-refractivity contribution in [2.24, 2.45) is 0 Å². The van der Waals surface area contributed by atoms with Gasteiger partial charge in [-0.1, -0.05) is 6.42 Å². The van der Waals surface area contributed by atoms with Gasteiger partial charge in [0, 0.05) is 25.4 Å². The van der Waals surface area contributed by atoms with Crippen LogP contribution in [0.1, 0.15) is 31.2 Å². The van der Waals surface area contributed by atoms with E-state index in [-0.39, 0.29) is 0 Å². The first-order chi connectivity index (χ1) is 11.8. The van der Waals surface area contributed by atoms with Crippen LogP contribution in [0.25, 0.3) is 0 Å². The molecule has 8 heteroatoms. The first-order valence-corrected chi connectivity index (χ1v) is 9.16. The summed E-state index contributed by atoms with van der Waals surface area (Å²) < 4.78 is 13.7. The van der Waals surface area contributed by atoms with Crippen LogP contribution in [0.4, 0.5) is 11.6 Å². The average Bonchev–Trinajstić information content (AvgIpc) is 3.01. The predicted octanol–water partition coefficient (Wildman–Crippen LogP) is 2.38. The Labute approximate surface area is 146 Å². The summed E-state index contributed by atoms with van der Waals surface area (Å²) in [6, 6.07) is 4.12. The number of pyridine rings is 1. The topological polar surface area (TPSA) is 89.2 Å². The Kier molecular flexibility index (Phi) is 6.20. The zero-order valence-corrected chi connectivity index (χ0v) is 14.6. The van der Waals surface area contributed by atoms with Gasteiger partial charge in [-0.3, -0.25) is 4.90 Å². The summed E-state index contributed by atoms with van der Waals surface area (Å²) in [4.78, 5) is 6.79. The number of aromatic nitrogens is 3. The number of ether oxygens (including phenoxy) is 1. The summed E-state index contributed by atoms with van der Waals surface area (Å²) in [5, 5.41) is 3.15. The number of nitrogens with two attached hydrogens (primary N) is 1. The van der Waals surface area contributed by atoms with Crippen LogP contribution in [0.15, 0.2) is 18.3 Å². The number of anilines is 2. The standard InChI is InChI=1S/C16H24N6OS/c17-15-16(21-24-20-15)19-6-4-10-23-14-11-13(5-7-18-14)12-22-8-2-1-3-9-22/h5,7,11H,1-4,6,8-10,12H2,(H2,17,20)(H,19,21). The van der Waals surface area contributed by atoms with Crippen LogP contribution < -0.4 is 15.8 Å².